The molecule has 1 atom stereocenters. The molecule has 1 amide bonds. The lowest BCUT2D eigenvalue weighted by atomic mass is 9.74. The van der Waals surface area contributed by atoms with Crippen molar-refractivity contribution in [3.63, 3.8) is 0 Å². The second-order valence-corrected chi connectivity index (χ2v) is 8.02. The number of halogens is 1. The topological polar surface area (TPSA) is 84.9 Å². The van der Waals surface area contributed by atoms with Gasteiger partial charge < -0.3 is 19.9 Å². The van der Waals surface area contributed by atoms with Crippen LogP contribution in [0, 0.1) is 17.7 Å². The number of amides is 1. The van der Waals surface area contributed by atoms with E-state index in [2.05, 4.69) is 17.2 Å². The summed E-state index contributed by atoms with van der Waals surface area (Å²) in [6.07, 6.45) is -0.184. The van der Waals surface area contributed by atoms with Crippen LogP contribution in [0.15, 0.2) is 36.4 Å². The van der Waals surface area contributed by atoms with E-state index in [-0.39, 0.29) is 18.6 Å². The van der Waals surface area contributed by atoms with Crippen LogP contribution in [0.1, 0.15) is 48.7 Å². The number of rotatable bonds is 6. The second kappa shape index (κ2) is 8.40. The Balaban J connectivity index is 1.90. The number of carbonyl (C=O) groups excluding carboxylic acids is 2. The maximum absolute atomic E-state index is 14.7. The molecule has 0 bridgehead atoms. The molecule has 3 rings (SSSR count). The van der Waals surface area contributed by atoms with Gasteiger partial charge in [0.25, 0.3) is 5.91 Å². The number of fused-ring (bicyclic) bond motifs is 1. The third-order valence-electron chi connectivity index (χ3n) is 5.22. The number of hydrogen-bond acceptors (Lipinski definition) is 5. The molecule has 1 heterocycles. The predicted octanol–water partition coefficient (Wildman–Crippen LogP) is 3.57. The number of benzene rings is 2. The van der Waals surface area contributed by atoms with Gasteiger partial charge in [-0.25, -0.2) is 9.18 Å². The van der Waals surface area contributed by atoms with Crippen molar-refractivity contribution in [1.82, 2.24) is 0 Å². The Morgan fingerprint density at radius 2 is 2.06 bits per heavy atom. The molecule has 1 aliphatic rings. The Bertz CT molecular complexity index is 1100. The first-order chi connectivity index (χ1) is 14.6. The largest absolute Gasteiger partial charge is 0.496 e. The maximum Gasteiger partial charge on any atom is 0.338 e. The average Bonchev–Trinajstić information content (AvgIpc) is 3.07. The van der Waals surface area contributed by atoms with Gasteiger partial charge in [0.05, 0.1) is 12.7 Å². The molecule has 1 aliphatic heterocycles. The SMILES string of the molecule is CC#CC(O)(CC(C)(C)c1c(F)cccc1OC)C(=O)Nc1ccc2c(c1)COC2=O. The van der Waals surface area contributed by atoms with Crippen LogP contribution in [0.2, 0.25) is 0 Å². The number of anilines is 1. The lowest BCUT2D eigenvalue weighted by Crippen LogP contribution is -2.46. The predicted molar refractivity (Wildman–Crippen MR) is 113 cm³/mol. The van der Waals surface area contributed by atoms with Gasteiger partial charge in [-0.05, 0) is 37.3 Å². The van der Waals surface area contributed by atoms with Crippen LogP contribution in [0.25, 0.3) is 0 Å². The summed E-state index contributed by atoms with van der Waals surface area (Å²) in [5.74, 6) is 3.81. The molecule has 0 aliphatic carbocycles. The molecule has 2 N–H and O–H groups in total. The second-order valence-electron chi connectivity index (χ2n) is 8.02. The zero-order chi connectivity index (χ0) is 22.8. The van der Waals surface area contributed by atoms with Crippen molar-refractivity contribution in [2.24, 2.45) is 0 Å². The molecule has 0 fully saturated rings. The number of aliphatic hydroxyl groups is 1. The summed E-state index contributed by atoms with van der Waals surface area (Å²) in [7, 11) is 1.43. The lowest BCUT2D eigenvalue weighted by molar-refractivity contribution is -0.130. The molecule has 0 spiro atoms. The van der Waals surface area contributed by atoms with Crippen LogP contribution >= 0.6 is 0 Å². The highest BCUT2D eigenvalue weighted by Gasteiger charge is 2.43. The molecule has 31 heavy (non-hydrogen) atoms. The zero-order valence-electron chi connectivity index (χ0n) is 17.8. The van der Waals surface area contributed by atoms with Gasteiger partial charge in [-0.1, -0.05) is 25.8 Å². The minimum absolute atomic E-state index is 0.122. The van der Waals surface area contributed by atoms with Gasteiger partial charge in [0, 0.05) is 28.7 Å². The fraction of sp³-hybridized carbons (Fsp3) is 0.333. The summed E-state index contributed by atoms with van der Waals surface area (Å²) in [6.45, 7) is 5.05. The van der Waals surface area contributed by atoms with E-state index in [1.54, 1.807) is 38.1 Å². The quantitative estimate of drug-likeness (QED) is 0.546. The van der Waals surface area contributed by atoms with Crippen LogP contribution in [0.3, 0.4) is 0 Å². The number of esters is 1. The molecule has 0 radical (unpaired) electrons. The summed E-state index contributed by atoms with van der Waals surface area (Å²) in [5.41, 5.74) is -1.38. The van der Waals surface area contributed by atoms with Gasteiger partial charge in [-0.2, -0.15) is 0 Å². The van der Waals surface area contributed by atoms with Crippen molar-refractivity contribution in [2.45, 2.75) is 44.8 Å². The van der Waals surface area contributed by atoms with Gasteiger partial charge in [0.1, 0.15) is 18.2 Å². The van der Waals surface area contributed by atoms with Gasteiger partial charge in [-0.15, -0.1) is 5.92 Å². The number of ether oxygens (including phenoxy) is 2. The van der Waals surface area contributed by atoms with E-state index in [0.717, 1.165) is 0 Å². The fourth-order valence-corrected chi connectivity index (χ4v) is 3.89. The summed E-state index contributed by atoms with van der Waals surface area (Å²) in [5, 5.41) is 13.8. The molecule has 0 saturated carbocycles. The highest BCUT2D eigenvalue weighted by atomic mass is 19.1. The van der Waals surface area contributed by atoms with Crippen molar-refractivity contribution in [2.75, 3.05) is 12.4 Å². The van der Waals surface area contributed by atoms with Crippen molar-refractivity contribution in [3.05, 3.63) is 58.9 Å². The standard InChI is InChI=1S/C24H24FNO5/c1-5-11-24(29,14-23(2,3)20-18(25)7-6-8-19(20)30-4)22(28)26-16-9-10-17-15(12-16)13-31-21(17)27/h6-10,12,29H,13-14H2,1-4H3,(H,26,28). The fourth-order valence-electron chi connectivity index (χ4n) is 3.89. The number of methoxy groups -OCH3 is 1. The van der Waals surface area contributed by atoms with Crippen LogP contribution in [-0.2, 0) is 21.6 Å². The van der Waals surface area contributed by atoms with Gasteiger partial charge in [0.15, 0.2) is 0 Å². The third-order valence-corrected chi connectivity index (χ3v) is 5.22. The molecule has 0 saturated heterocycles. The van der Waals surface area contributed by atoms with Gasteiger partial charge >= 0.3 is 5.97 Å². The molecular formula is C24H24FNO5. The third kappa shape index (κ3) is 4.39. The van der Waals surface area contributed by atoms with Gasteiger partial charge in [0.2, 0.25) is 5.60 Å². The molecule has 6 nitrogen and oxygen atoms in total. The smallest absolute Gasteiger partial charge is 0.338 e. The Morgan fingerprint density at radius 1 is 1.32 bits per heavy atom. The molecule has 2 aromatic rings. The number of carbonyl (C=O) groups is 2. The van der Waals surface area contributed by atoms with E-state index in [4.69, 9.17) is 9.47 Å². The molecular weight excluding hydrogens is 401 g/mol. The zero-order valence-corrected chi connectivity index (χ0v) is 17.8. The Kier molecular flexibility index (Phi) is 6.05. The molecule has 162 valence electrons. The van der Waals surface area contributed by atoms with E-state index in [0.29, 0.717) is 22.6 Å². The maximum atomic E-state index is 14.7. The summed E-state index contributed by atoms with van der Waals surface area (Å²) in [4.78, 5) is 24.7. The molecule has 0 aromatic heterocycles. The van der Waals surface area contributed by atoms with E-state index >= 15 is 0 Å². The van der Waals surface area contributed by atoms with E-state index in [9.17, 15) is 19.1 Å². The van der Waals surface area contributed by atoms with Crippen molar-refractivity contribution < 1.29 is 28.6 Å². The first-order valence-electron chi connectivity index (χ1n) is 9.72. The minimum atomic E-state index is -2.10. The monoisotopic (exact) mass is 425 g/mol. The Morgan fingerprint density at radius 3 is 2.74 bits per heavy atom. The van der Waals surface area contributed by atoms with E-state index in [1.807, 2.05) is 0 Å². The Labute approximate surface area is 180 Å². The average molecular weight is 425 g/mol. The summed E-state index contributed by atoms with van der Waals surface area (Å²) < 4.78 is 24.9. The molecule has 2 aromatic carbocycles. The van der Waals surface area contributed by atoms with Crippen LogP contribution in [0.4, 0.5) is 10.1 Å². The lowest BCUT2D eigenvalue weighted by Gasteiger charge is -2.33. The molecule has 7 heteroatoms. The van der Waals surface area contributed by atoms with Crippen molar-refractivity contribution in [3.8, 4) is 17.6 Å². The Hall–Kier alpha value is -3.37. The first-order valence-corrected chi connectivity index (χ1v) is 9.72. The number of hydrogen-bond donors (Lipinski definition) is 2. The van der Waals surface area contributed by atoms with Crippen LogP contribution in [0.5, 0.6) is 5.75 Å². The number of cyclic esters (lactones) is 1. The van der Waals surface area contributed by atoms with E-state index in [1.165, 1.54) is 26.2 Å². The van der Waals surface area contributed by atoms with Crippen molar-refractivity contribution in [1.29, 1.82) is 0 Å². The van der Waals surface area contributed by atoms with Crippen LogP contribution < -0.4 is 10.1 Å². The highest BCUT2D eigenvalue weighted by Crippen LogP contribution is 2.39. The number of nitrogens with one attached hydrogen (secondary N) is 1. The first kappa shape index (κ1) is 22.3. The minimum Gasteiger partial charge on any atom is -0.496 e. The molecule has 1 unspecified atom stereocenters. The summed E-state index contributed by atoms with van der Waals surface area (Å²) in [6, 6.07) is 9.17. The summed E-state index contributed by atoms with van der Waals surface area (Å²) >= 11 is 0. The van der Waals surface area contributed by atoms with Crippen LogP contribution in [-0.4, -0.2) is 29.7 Å². The highest BCUT2D eigenvalue weighted by molar-refractivity contribution is 6.00. The van der Waals surface area contributed by atoms with Crippen molar-refractivity contribution >= 4 is 17.6 Å². The van der Waals surface area contributed by atoms with Gasteiger partial charge in [-0.3, -0.25) is 4.79 Å². The normalized spacial score (nSPS) is 14.6. The van der Waals surface area contributed by atoms with E-state index < -0.39 is 28.7 Å².